The van der Waals surface area contributed by atoms with Gasteiger partial charge in [-0.05, 0) is 49.5 Å². The first-order chi connectivity index (χ1) is 7.83. The summed E-state index contributed by atoms with van der Waals surface area (Å²) in [6, 6.07) is 8.53. The maximum atomic E-state index is 5.29. The second-order valence-corrected chi connectivity index (χ2v) is 4.51. The first kappa shape index (κ1) is 11.5. The SMILES string of the molecule is CCN1CCCC(c2cccc(OC)c2)C1. The average Bonchev–Trinajstić information content (AvgIpc) is 2.39. The van der Waals surface area contributed by atoms with Crippen LogP contribution in [-0.4, -0.2) is 31.6 Å². The summed E-state index contributed by atoms with van der Waals surface area (Å²) in [6.07, 6.45) is 2.62. The summed E-state index contributed by atoms with van der Waals surface area (Å²) in [4.78, 5) is 2.54. The molecule has 0 spiro atoms. The quantitative estimate of drug-likeness (QED) is 0.775. The molecule has 1 aliphatic rings. The topological polar surface area (TPSA) is 12.5 Å². The molecule has 1 unspecified atom stereocenters. The third-order valence-electron chi connectivity index (χ3n) is 3.52. The zero-order valence-corrected chi connectivity index (χ0v) is 10.3. The molecule has 16 heavy (non-hydrogen) atoms. The van der Waals surface area contributed by atoms with Gasteiger partial charge in [0.1, 0.15) is 5.75 Å². The minimum Gasteiger partial charge on any atom is -0.497 e. The van der Waals surface area contributed by atoms with Crippen LogP contribution < -0.4 is 4.74 Å². The molecule has 0 amide bonds. The fourth-order valence-corrected chi connectivity index (χ4v) is 2.51. The number of rotatable bonds is 3. The van der Waals surface area contributed by atoms with E-state index in [-0.39, 0.29) is 0 Å². The van der Waals surface area contributed by atoms with E-state index in [2.05, 4.69) is 30.0 Å². The molecule has 88 valence electrons. The van der Waals surface area contributed by atoms with E-state index in [4.69, 9.17) is 4.74 Å². The molecule has 0 saturated carbocycles. The van der Waals surface area contributed by atoms with Crippen LogP contribution in [0.3, 0.4) is 0 Å². The van der Waals surface area contributed by atoms with E-state index in [9.17, 15) is 0 Å². The van der Waals surface area contributed by atoms with Gasteiger partial charge in [0.2, 0.25) is 0 Å². The Morgan fingerprint density at radius 2 is 2.31 bits per heavy atom. The lowest BCUT2D eigenvalue weighted by Crippen LogP contribution is -2.34. The van der Waals surface area contributed by atoms with Crippen molar-refractivity contribution in [2.45, 2.75) is 25.7 Å². The molecule has 2 heteroatoms. The molecule has 1 aromatic carbocycles. The fraction of sp³-hybridized carbons (Fsp3) is 0.571. The smallest absolute Gasteiger partial charge is 0.119 e. The summed E-state index contributed by atoms with van der Waals surface area (Å²) in [5.74, 6) is 1.66. The van der Waals surface area contributed by atoms with E-state index >= 15 is 0 Å². The highest BCUT2D eigenvalue weighted by Gasteiger charge is 2.20. The standard InChI is InChI=1S/C14H21NO/c1-3-15-9-5-7-13(11-15)12-6-4-8-14(10-12)16-2/h4,6,8,10,13H,3,5,7,9,11H2,1-2H3. The number of hydrogen-bond acceptors (Lipinski definition) is 2. The minimum absolute atomic E-state index is 0.684. The maximum Gasteiger partial charge on any atom is 0.119 e. The first-order valence-corrected chi connectivity index (χ1v) is 6.19. The average molecular weight is 219 g/mol. The van der Waals surface area contributed by atoms with Gasteiger partial charge in [0.25, 0.3) is 0 Å². The Bertz CT molecular complexity index is 337. The van der Waals surface area contributed by atoms with E-state index in [1.54, 1.807) is 7.11 Å². The molecular formula is C14H21NO. The summed E-state index contributed by atoms with van der Waals surface area (Å²) < 4.78 is 5.29. The van der Waals surface area contributed by atoms with Crippen molar-refractivity contribution in [1.82, 2.24) is 4.90 Å². The third-order valence-corrected chi connectivity index (χ3v) is 3.52. The number of piperidine rings is 1. The Hall–Kier alpha value is -1.02. The minimum atomic E-state index is 0.684. The molecule has 0 bridgehead atoms. The van der Waals surface area contributed by atoms with Crippen molar-refractivity contribution in [3.63, 3.8) is 0 Å². The van der Waals surface area contributed by atoms with Crippen LogP contribution in [0.25, 0.3) is 0 Å². The molecule has 0 aliphatic carbocycles. The summed E-state index contributed by atoms with van der Waals surface area (Å²) in [5, 5.41) is 0. The number of hydrogen-bond donors (Lipinski definition) is 0. The molecular weight excluding hydrogens is 198 g/mol. The van der Waals surface area contributed by atoms with E-state index in [1.165, 1.54) is 38.0 Å². The van der Waals surface area contributed by atoms with E-state index in [0.717, 1.165) is 5.75 Å². The van der Waals surface area contributed by atoms with Gasteiger partial charge in [-0.2, -0.15) is 0 Å². The Morgan fingerprint density at radius 3 is 3.06 bits per heavy atom. The van der Waals surface area contributed by atoms with Crippen molar-refractivity contribution in [2.24, 2.45) is 0 Å². The van der Waals surface area contributed by atoms with Crippen LogP contribution >= 0.6 is 0 Å². The molecule has 2 rings (SSSR count). The zero-order chi connectivity index (χ0) is 11.4. The first-order valence-electron chi connectivity index (χ1n) is 6.19. The highest BCUT2D eigenvalue weighted by molar-refractivity contribution is 5.31. The predicted molar refractivity (Wildman–Crippen MR) is 67.1 cm³/mol. The van der Waals surface area contributed by atoms with E-state index in [1.807, 2.05) is 6.07 Å². The molecule has 0 aromatic heterocycles. The highest BCUT2D eigenvalue weighted by atomic mass is 16.5. The van der Waals surface area contributed by atoms with Gasteiger partial charge in [0.05, 0.1) is 7.11 Å². The highest BCUT2D eigenvalue weighted by Crippen LogP contribution is 2.28. The molecule has 1 aliphatic heterocycles. The van der Waals surface area contributed by atoms with Gasteiger partial charge in [-0.15, -0.1) is 0 Å². The van der Waals surface area contributed by atoms with Crippen LogP contribution in [0.2, 0.25) is 0 Å². The zero-order valence-electron chi connectivity index (χ0n) is 10.3. The number of nitrogens with zero attached hydrogens (tertiary/aromatic N) is 1. The van der Waals surface area contributed by atoms with Crippen molar-refractivity contribution in [1.29, 1.82) is 0 Å². The molecule has 1 saturated heterocycles. The fourth-order valence-electron chi connectivity index (χ4n) is 2.51. The van der Waals surface area contributed by atoms with Crippen LogP contribution in [0.5, 0.6) is 5.75 Å². The van der Waals surface area contributed by atoms with Crippen LogP contribution in [-0.2, 0) is 0 Å². The normalized spacial score (nSPS) is 22.0. The molecule has 0 N–H and O–H groups in total. The van der Waals surface area contributed by atoms with Crippen molar-refractivity contribution in [2.75, 3.05) is 26.7 Å². The molecule has 2 nitrogen and oxygen atoms in total. The molecule has 1 aromatic rings. The lowest BCUT2D eigenvalue weighted by atomic mass is 9.90. The second-order valence-electron chi connectivity index (χ2n) is 4.51. The van der Waals surface area contributed by atoms with Crippen LogP contribution in [0.4, 0.5) is 0 Å². The lowest BCUT2D eigenvalue weighted by molar-refractivity contribution is 0.218. The van der Waals surface area contributed by atoms with Gasteiger partial charge in [0, 0.05) is 6.54 Å². The number of ether oxygens (including phenoxy) is 1. The number of likely N-dealkylation sites (N-methyl/N-ethyl adjacent to an activating group) is 1. The predicted octanol–water partition coefficient (Wildman–Crippen LogP) is 2.89. The molecule has 1 heterocycles. The van der Waals surface area contributed by atoms with Gasteiger partial charge >= 0.3 is 0 Å². The van der Waals surface area contributed by atoms with Gasteiger partial charge < -0.3 is 9.64 Å². The summed E-state index contributed by atoms with van der Waals surface area (Å²) in [6.45, 7) is 5.87. The summed E-state index contributed by atoms with van der Waals surface area (Å²) in [5.41, 5.74) is 1.43. The molecule has 1 atom stereocenters. The number of benzene rings is 1. The van der Waals surface area contributed by atoms with Crippen LogP contribution in [0.15, 0.2) is 24.3 Å². The van der Waals surface area contributed by atoms with E-state index < -0.39 is 0 Å². The number of likely N-dealkylation sites (tertiary alicyclic amines) is 1. The molecule has 0 radical (unpaired) electrons. The van der Waals surface area contributed by atoms with Crippen molar-refractivity contribution in [3.05, 3.63) is 29.8 Å². The Labute approximate surface area is 98.2 Å². The van der Waals surface area contributed by atoms with Crippen molar-refractivity contribution in [3.8, 4) is 5.75 Å². The van der Waals surface area contributed by atoms with Gasteiger partial charge in [-0.25, -0.2) is 0 Å². The van der Waals surface area contributed by atoms with Crippen LogP contribution in [0, 0.1) is 0 Å². The van der Waals surface area contributed by atoms with Crippen LogP contribution in [0.1, 0.15) is 31.2 Å². The second kappa shape index (κ2) is 5.35. The van der Waals surface area contributed by atoms with E-state index in [0.29, 0.717) is 5.92 Å². The Kier molecular flexibility index (Phi) is 3.83. The number of methoxy groups -OCH3 is 1. The van der Waals surface area contributed by atoms with Gasteiger partial charge in [-0.1, -0.05) is 19.1 Å². The third kappa shape index (κ3) is 2.56. The van der Waals surface area contributed by atoms with Crippen molar-refractivity contribution < 1.29 is 4.74 Å². The maximum absolute atomic E-state index is 5.29. The Balaban J connectivity index is 2.10. The van der Waals surface area contributed by atoms with Gasteiger partial charge in [-0.3, -0.25) is 0 Å². The summed E-state index contributed by atoms with van der Waals surface area (Å²) >= 11 is 0. The lowest BCUT2D eigenvalue weighted by Gasteiger charge is -2.32. The Morgan fingerprint density at radius 1 is 1.44 bits per heavy atom. The molecule has 1 fully saturated rings. The van der Waals surface area contributed by atoms with Crippen molar-refractivity contribution >= 4 is 0 Å². The largest absolute Gasteiger partial charge is 0.497 e. The van der Waals surface area contributed by atoms with Gasteiger partial charge in [0.15, 0.2) is 0 Å². The monoisotopic (exact) mass is 219 g/mol. The summed E-state index contributed by atoms with van der Waals surface area (Å²) in [7, 11) is 1.73.